The van der Waals surface area contributed by atoms with Crippen molar-refractivity contribution >= 4 is 5.91 Å². The van der Waals surface area contributed by atoms with Crippen LogP contribution in [0.1, 0.15) is 72.1 Å². The van der Waals surface area contributed by atoms with Crippen LogP contribution in [0.4, 0.5) is 0 Å². The molecule has 1 atom stereocenters. The molecule has 0 unspecified atom stereocenters. The summed E-state index contributed by atoms with van der Waals surface area (Å²) in [5.41, 5.74) is 1.36. The molecule has 2 aromatic heterocycles. The highest BCUT2D eigenvalue weighted by atomic mass is 16.5. The molecule has 2 aromatic rings. The Morgan fingerprint density at radius 2 is 2.00 bits per heavy atom. The van der Waals surface area contributed by atoms with E-state index in [9.17, 15) is 4.79 Å². The Morgan fingerprint density at radius 3 is 2.78 bits per heavy atom. The number of likely N-dealkylation sites (tertiary alicyclic amines) is 1. The Bertz CT molecular complexity index is 839. The van der Waals surface area contributed by atoms with Crippen LogP contribution in [0.15, 0.2) is 4.52 Å². The zero-order valence-corrected chi connectivity index (χ0v) is 16.6. The highest BCUT2D eigenvalue weighted by molar-refractivity contribution is 5.96. The lowest BCUT2D eigenvalue weighted by atomic mass is 10.0. The first kappa shape index (κ1) is 18.2. The number of rotatable bonds is 3. The fourth-order valence-electron chi connectivity index (χ4n) is 4.16. The second kappa shape index (κ2) is 7.07. The predicted octanol–water partition coefficient (Wildman–Crippen LogP) is 2.16. The number of nitrogens with zero attached hydrogens (tertiary/aromatic N) is 6. The molecule has 1 saturated heterocycles. The molecule has 0 aliphatic carbocycles. The lowest BCUT2D eigenvalue weighted by Crippen LogP contribution is -2.33. The van der Waals surface area contributed by atoms with Crippen molar-refractivity contribution in [2.75, 3.05) is 26.7 Å². The fourth-order valence-corrected chi connectivity index (χ4v) is 4.16. The molecule has 0 radical (unpaired) electrons. The normalized spacial score (nSPS) is 20.9. The first-order valence-corrected chi connectivity index (χ1v) is 9.85. The van der Waals surface area contributed by atoms with Crippen molar-refractivity contribution in [1.29, 1.82) is 0 Å². The van der Waals surface area contributed by atoms with Gasteiger partial charge in [-0.3, -0.25) is 4.79 Å². The Balaban J connectivity index is 1.65. The van der Waals surface area contributed by atoms with E-state index in [4.69, 9.17) is 4.52 Å². The molecule has 4 heterocycles. The van der Waals surface area contributed by atoms with Crippen molar-refractivity contribution in [3.05, 3.63) is 28.7 Å². The van der Waals surface area contributed by atoms with Gasteiger partial charge in [0.2, 0.25) is 0 Å². The standard InChI is InChI=1S/C19H28N6O2/c1-12(2)17-16(13(3)27-22-17)19(26)24-8-5-6-14(24)18-21-20-15-7-9-23(4)10-11-25(15)18/h12,14H,5-11H2,1-4H3/t14-/m1/s1. The van der Waals surface area contributed by atoms with Crippen LogP contribution in [-0.2, 0) is 13.0 Å². The van der Waals surface area contributed by atoms with Crippen LogP contribution in [0.5, 0.6) is 0 Å². The number of hydrogen-bond acceptors (Lipinski definition) is 6. The average Bonchev–Trinajstić information content (AvgIpc) is 3.32. The van der Waals surface area contributed by atoms with E-state index >= 15 is 0 Å². The maximum atomic E-state index is 13.4. The number of hydrogen-bond donors (Lipinski definition) is 0. The van der Waals surface area contributed by atoms with Crippen LogP contribution in [0.3, 0.4) is 0 Å². The minimum Gasteiger partial charge on any atom is -0.361 e. The van der Waals surface area contributed by atoms with E-state index in [1.54, 1.807) is 0 Å². The molecule has 0 saturated carbocycles. The number of carbonyl (C=O) groups excluding carboxylic acids is 1. The second-order valence-corrected chi connectivity index (χ2v) is 7.99. The van der Waals surface area contributed by atoms with E-state index in [-0.39, 0.29) is 17.9 Å². The predicted molar refractivity (Wildman–Crippen MR) is 99.6 cm³/mol. The van der Waals surface area contributed by atoms with Gasteiger partial charge in [-0.2, -0.15) is 0 Å². The maximum absolute atomic E-state index is 13.4. The molecule has 0 aromatic carbocycles. The Morgan fingerprint density at radius 1 is 1.19 bits per heavy atom. The summed E-state index contributed by atoms with van der Waals surface area (Å²) < 4.78 is 7.57. The average molecular weight is 372 g/mol. The van der Waals surface area contributed by atoms with Gasteiger partial charge in [0.05, 0.1) is 11.7 Å². The van der Waals surface area contributed by atoms with Crippen molar-refractivity contribution in [2.45, 2.75) is 58.5 Å². The van der Waals surface area contributed by atoms with E-state index < -0.39 is 0 Å². The molecular weight excluding hydrogens is 344 g/mol. The highest BCUT2D eigenvalue weighted by Gasteiger charge is 2.37. The minimum atomic E-state index is -0.0310. The van der Waals surface area contributed by atoms with Crippen LogP contribution in [0, 0.1) is 6.92 Å². The third-order valence-electron chi connectivity index (χ3n) is 5.74. The quantitative estimate of drug-likeness (QED) is 0.821. The lowest BCUT2D eigenvalue weighted by Gasteiger charge is -2.25. The zero-order chi connectivity index (χ0) is 19.1. The summed E-state index contributed by atoms with van der Waals surface area (Å²) in [5, 5.41) is 13.1. The largest absolute Gasteiger partial charge is 0.361 e. The van der Waals surface area contributed by atoms with Gasteiger partial charge in [0.15, 0.2) is 5.82 Å². The number of amides is 1. The third-order valence-corrected chi connectivity index (χ3v) is 5.74. The van der Waals surface area contributed by atoms with Crippen molar-refractivity contribution in [3.8, 4) is 0 Å². The summed E-state index contributed by atoms with van der Waals surface area (Å²) in [4.78, 5) is 17.7. The Kier molecular flexibility index (Phi) is 4.75. The van der Waals surface area contributed by atoms with Gasteiger partial charge in [0, 0.05) is 32.6 Å². The highest BCUT2D eigenvalue weighted by Crippen LogP contribution is 2.34. The van der Waals surface area contributed by atoms with Crippen LogP contribution < -0.4 is 0 Å². The van der Waals surface area contributed by atoms with E-state index in [1.807, 2.05) is 25.7 Å². The topological polar surface area (TPSA) is 80.3 Å². The van der Waals surface area contributed by atoms with Gasteiger partial charge in [-0.05, 0) is 32.7 Å². The second-order valence-electron chi connectivity index (χ2n) is 7.99. The maximum Gasteiger partial charge on any atom is 0.260 e. The summed E-state index contributed by atoms with van der Waals surface area (Å²) in [7, 11) is 2.13. The minimum absolute atomic E-state index is 0.00281. The number of fused-ring (bicyclic) bond motifs is 1. The molecule has 2 aliphatic heterocycles. The van der Waals surface area contributed by atoms with Gasteiger partial charge in [0.1, 0.15) is 17.1 Å². The molecule has 8 nitrogen and oxygen atoms in total. The number of likely N-dealkylation sites (N-methyl/N-ethyl adjacent to an activating group) is 1. The van der Waals surface area contributed by atoms with Gasteiger partial charge < -0.3 is 18.9 Å². The molecule has 8 heteroatoms. The SMILES string of the molecule is Cc1onc(C(C)C)c1C(=O)N1CCC[C@@H]1c1nnc2n1CCN(C)CC2. The first-order valence-electron chi connectivity index (χ1n) is 9.85. The lowest BCUT2D eigenvalue weighted by molar-refractivity contribution is 0.0723. The van der Waals surface area contributed by atoms with Crippen molar-refractivity contribution in [3.63, 3.8) is 0 Å². The Hall–Kier alpha value is -2.22. The summed E-state index contributed by atoms with van der Waals surface area (Å²) >= 11 is 0. The van der Waals surface area contributed by atoms with Crippen molar-refractivity contribution in [1.82, 2.24) is 29.7 Å². The smallest absolute Gasteiger partial charge is 0.260 e. The van der Waals surface area contributed by atoms with Crippen LogP contribution in [0.2, 0.25) is 0 Å². The van der Waals surface area contributed by atoms with Gasteiger partial charge in [-0.25, -0.2) is 0 Å². The van der Waals surface area contributed by atoms with Gasteiger partial charge in [-0.1, -0.05) is 19.0 Å². The van der Waals surface area contributed by atoms with E-state index in [1.165, 1.54) is 0 Å². The molecule has 2 aliphatic rings. The number of aromatic nitrogens is 4. The van der Waals surface area contributed by atoms with E-state index in [2.05, 4.69) is 31.9 Å². The number of carbonyl (C=O) groups is 1. The monoisotopic (exact) mass is 372 g/mol. The van der Waals surface area contributed by atoms with Gasteiger partial charge in [-0.15, -0.1) is 10.2 Å². The summed E-state index contributed by atoms with van der Waals surface area (Å²) in [6.07, 6.45) is 2.79. The third kappa shape index (κ3) is 3.16. The molecule has 4 rings (SSSR count). The summed E-state index contributed by atoms with van der Waals surface area (Å²) in [5.74, 6) is 2.69. The van der Waals surface area contributed by atoms with Crippen LogP contribution in [0.25, 0.3) is 0 Å². The van der Waals surface area contributed by atoms with E-state index in [0.29, 0.717) is 11.3 Å². The molecule has 0 spiro atoms. The molecule has 146 valence electrons. The van der Waals surface area contributed by atoms with Crippen molar-refractivity contribution < 1.29 is 9.32 Å². The summed E-state index contributed by atoms with van der Waals surface area (Å²) in [6.45, 7) is 9.44. The van der Waals surface area contributed by atoms with Crippen LogP contribution >= 0.6 is 0 Å². The van der Waals surface area contributed by atoms with Gasteiger partial charge >= 0.3 is 0 Å². The molecule has 0 N–H and O–H groups in total. The van der Waals surface area contributed by atoms with Crippen molar-refractivity contribution in [2.24, 2.45) is 0 Å². The summed E-state index contributed by atoms with van der Waals surface area (Å²) in [6, 6.07) is -0.0310. The van der Waals surface area contributed by atoms with Gasteiger partial charge in [0.25, 0.3) is 5.91 Å². The molecule has 1 amide bonds. The number of aryl methyl sites for hydroxylation is 1. The molecular formula is C19H28N6O2. The molecule has 0 bridgehead atoms. The first-order chi connectivity index (χ1) is 13.0. The van der Waals surface area contributed by atoms with Crippen LogP contribution in [-0.4, -0.2) is 62.3 Å². The zero-order valence-electron chi connectivity index (χ0n) is 16.6. The fraction of sp³-hybridized carbons (Fsp3) is 0.684. The Labute approximate surface area is 159 Å². The molecule has 27 heavy (non-hydrogen) atoms. The van der Waals surface area contributed by atoms with E-state index in [0.717, 1.165) is 62.8 Å². The molecule has 1 fully saturated rings.